The molecule has 0 amide bonds. The lowest BCUT2D eigenvalue weighted by Gasteiger charge is -2.04. The molecule has 2 nitrogen and oxygen atoms in total. The lowest BCUT2D eigenvalue weighted by atomic mass is 10.4. The number of alkyl halides is 2. The van der Waals surface area contributed by atoms with E-state index in [0.29, 0.717) is 12.2 Å². The molecule has 0 saturated heterocycles. The fourth-order valence-electron chi connectivity index (χ4n) is 0.313. The molecule has 0 spiro atoms. The average Bonchev–Trinajstić information content (AvgIpc) is 1.87. The molecular weight excluding hydrogens is 264 g/mol. The van der Waals surface area contributed by atoms with Gasteiger partial charge in [0.15, 0.2) is 0 Å². The average molecular weight is 272 g/mol. The standard InChI is InChI=1S/C6H8Br2O2/c1-3-10-6(9)4(2)5(7)8/h5H,2-3H2,1H3. The van der Waals surface area contributed by atoms with Crippen molar-refractivity contribution in [3.8, 4) is 0 Å². The van der Waals surface area contributed by atoms with Crippen LogP contribution in [-0.4, -0.2) is 16.3 Å². The van der Waals surface area contributed by atoms with Gasteiger partial charge in [-0.25, -0.2) is 4.79 Å². The second-order valence-corrected chi connectivity index (χ2v) is 4.61. The molecule has 0 heterocycles. The molecule has 0 unspecified atom stereocenters. The predicted molar refractivity (Wildman–Crippen MR) is 47.4 cm³/mol. The third-order valence-electron chi connectivity index (χ3n) is 0.801. The van der Waals surface area contributed by atoms with E-state index in [1.807, 2.05) is 0 Å². The van der Waals surface area contributed by atoms with Crippen LogP contribution >= 0.6 is 31.9 Å². The van der Waals surface area contributed by atoms with Crippen LogP contribution in [0.25, 0.3) is 0 Å². The molecule has 0 atom stereocenters. The summed E-state index contributed by atoms with van der Waals surface area (Å²) in [5.41, 5.74) is 0.377. The van der Waals surface area contributed by atoms with Crippen LogP contribution in [0.4, 0.5) is 0 Å². The quantitative estimate of drug-likeness (QED) is 0.447. The monoisotopic (exact) mass is 270 g/mol. The highest BCUT2D eigenvalue weighted by Gasteiger charge is 2.13. The van der Waals surface area contributed by atoms with Crippen molar-refractivity contribution in [2.24, 2.45) is 0 Å². The highest BCUT2D eigenvalue weighted by Crippen LogP contribution is 2.17. The number of halogens is 2. The van der Waals surface area contributed by atoms with Gasteiger partial charge in [-0.3, -0.25) is 0 Å². The zero-order chi connectivity index (χ0) is 8.15. The van der Waals surface area contributed by atoms with Gasteiger partial charge in [-0.2, -0.15) is 0 Å². The first kappa shape index (κ1) is 10.2. The van der Waals surface area contributed by atoms with Crippen LogP contribution in [0.2, 0.25) is 0 Å². The molecular formula is C6H8Br2O2. The molecule has 0 aromatic carbocycles. The van der Waals surface area contributed by atoms with E-state index in [0.717, 1.165) is 0 Å². The molecule has 0 saturated carbocycles. The Morgan fingerprint density at radius 1 is 1.70 bits per heavy atom. The summed E-state index contributed by atoms with van der Waals surface area (Å²) in [5, 5.41) is 0. The Hall–Kier alpha value is 0.170. The lowest BCUT2D eigenvalue weighted by Crippen LogP contribution is -2.10. The SMILES string of the molecule is C=C(C(=O)OCC)C(Br)Br. The van der Waals surface area contributed by atoms with Crippen molar-refractivity contribution in [1.29, 1.82) is 0 Å². The third-order valence-corrected chi connectivity index (χ3v) is 1.91. The summed E-state index contributed by atoms with van der Waals surface area (Å²) in [6, 6.07) is 0. The zero-order valence-corrected chi connectivity index (χ0v) is 8.74. The van der Waals surface area contributed by atoms with Gasteiger partial charge in [0, 0.05) is 0 Å². The fraction of sp³-hybridized carbons (Fsp3) is 0.500. The van der Waals surface area contributed by atoms with Gasteiger partial charge in [0.2, 0.25) is 0 Å². The Balaban J connectivity index is 3.83. The molecule has 0 aliphatic carbocycles. The van der Waals surface area contributed by atoms with E-state index in [-0.39, 0.29) is 9.71 Å². The molecule has 0 aliphatic heterocycles. The van der Waals surface area contributed by atoms with Crippen LogP contribution in [0.1, 0.15) is 6.92 Å². The second-order valence-electron chi connectivity index (χ2n) is 1.55. The summed E-state index contributed by atoms with van der Waals surface area (Å²) in [6.45, 7) is 5.64. The predicted octanol–water partition coefficient (Wildman–Crippen LogP) is 2.22. The first-order valence-electron chi connectivity index (χ1n) is 2.73. The number of hydrogen-bond acceptors (Lipinski definition) is 2. The molecule has 0 aliphatic rings. The van der Waals surface area contributed by atoms with Crippen LogP contribution in [-0.2, 0) is 9.53 Å². The molecule has 0 aromatic heterocycles. The van der Waals surface area contributed by atoms with Crippen LogP contribution in [0.3, 0.4) is 0 Å². The molecule has 0 N–H and O–H groups in total. The van der Waals surface area contributed by atoms with E-state index in [9.17, 15) is 4.79 Å². The van der Waals surface area contributed by atoms with Crippen molar-refractivity contribution in [2.75, 3.05) is 6.61 Å². The summed E-state index contributed by atoms with van der Waals surface area (Å²) in [7, 11) is 0. The van der Waals surface area contributed by atoms with Gasteiger partial charge in [-0.15, -0.1) is 0 Å². The van der Waals surface area contributed by atoms with Crippen LogP contribution < -0.4 is 0 Å². The highest BCUT2D eigenvalue weighted by molar-refractivity contribution is 9.24. The highest BCUT2D eigenvalue weighted by atomic mass is 79.9. The minimum atomic E-state index is -0.374. The number of esters is 1. The lowest BCUT2D eigenvalue weighted by molar-refractivity contribution is -0.138. The molecule has 0 rings (SSSR count). The molecule has 0 radical (unpaired) electrons. The van der Waals surface area contributed by atoms with Gasteiger partial charge in [0.05, 0.1) is 12.2 Å². The van der Waals surface area contributed by atoms with Crippen molar-refractivity contribution in [3.05, 3.63) is 12.2 Å². The first-order chi connectivity index (χ1) is 4.59. The van der Waals surface area contributed by atoms with Crippen LogP contribution in [0.15, 0.2) is 12.2 Å². The number of ether oxygens (including phenoxy) is 1. The van der Waals surface area contributed by atoms with Crippen molar-refractivity contribution in [3.63, 3.8) is 0 Å². The third kappa shape index (κ3) is 3.37. The molecule has 4 heteroatoms. The van der Waals surface area contributed by atoms with Gasteiger partial charge >= 0.3 is 5.97 Å². The minimum absolute atomic E-state index is 0.195. The number of carbonyl (C=O) groups excluding carboxylic acids is 1. The molecule has 58 valence electrons. The number of hydrogen-bond donors (Lipinski definition) is 0. The first-order valence-corrected chi connectivity index (χ1v) is 4.56. The van der Waals surface area contributed by atoms with E-state index in [4.69, 9.17) is 0 Å². The Morgan fingerprint density at radius 3 is 2.50 bits per heavy atom. The summed E-state index contributed by atoms with van der Waals surface area (Å²) in [5.74, 6) is -0.374. The van der Waals surface area contributed by atoms with E-state index >= 15 is 0 Å². The molecule has 0 fully saturated rings. The van der Waals surface area contributed by atoms with Crippen molar-refractivity contribution < 1.29 is 9.53 Å². The Kier molecular flexibility index (Phi) is 4.99. The van der Waals surface area contributed by atoms with E-state index in [2.05, 4.69) is 43.2 Å². The second kappa shape index (κ2) is 4.91. The van der Waals surface area contributed by atoms with Crippen LogP contribution in [0, 0.1) is 0 Å². The maximum absolute atomic E-state index is 10.8. The number of carbonyl (C=O) groups is 1. The fourth-order valence-corrected chi connectivity index (χ4v) is 0.687. The summed E-state index contributed by atoms with van der Waals surface area (Å²) < 4.78 is 4.47. The molecule has 0 bridgehead atoms. The Morgan fingerprint density at radius 2 is 2.20 bits per heavy atom. The maximum atomic E-state index is 10.8. The van der Waals surface area contributed by atoms with Gasteiger partial charge in [-0.1, -0.05) is 38.4 Å². The maximum Gasteiger partial charge on any atom is 0.335 e. The van der Waals surface area contributed by atoms with Gasteiger partial charge < -0.3 is 4.74 Å². The van der Waals surface area contributed by atoms with E-state index < -0.39 is 0 Å². The zero-order valence-electron chi connectivity index (χ0n) is 5.56. The Bertz CT molecular complexity index is 143. The topological polar surface area (TPSA) is 26.3 Å². The van der Waals surface area contributed by atoms with Crippen molar-refractivity contribution in [2.45, 2.75) is 10.7 Å². The van der Waals surface area contributed by atoms with Gasteiger partial charge in [-0.05, 0) is 6.92 Å². The van der Waals surface area contributed by atoms with Crippen LogP contribution in [0.5, 0.6) is 0 Å². The normalized spacial score (nSPS) is 9.60. The molecule has 0 aromatic rings. The Labute approximate surface area is 76.9 Å². The van der Waals surface area contributed by atoms with Gasteiger partial charge in [0.1, 0.15) is 3.74 Å². The number of rotatable bonds is 3. The smallest absolute Gasteiger partial charge is 0.335 e. The summed E-state index contributed by atoms with van der Waals surface area (Å²) in [4.78, 5) is 10.8. The minimum Gasteiger partial charge on any atom is -0.463 e. The van der Waals surface area contributed by atoms with E-state index in [1.54, 1.807) is 6.92 Å². The summed E-state index contributed by atoms with van der Waals surface area (Å²) in [6.07, 6.45) is 0. The molecule has 10 heavy (non-hydrogen) atoms. The summed E-state index contributed by atoms with van der Waals surface area (Å²) >= 11 is 6.25. The van der Waals surface area contributed by atoms with Gasteiger partial charge in [0.25, 0.3) is 0 Å². The van der Waals surface area contributed by atoms with E-state index in [1.165, 1.54) is 0 Å². The van der Waals surface area contributed by atoms with Crippen molar-refractivity contribution >= 4 is 37.8 Å². The van der Waals surface area contributed by atoms with Crippen molar-refractivity contribution in [1.82, 2.24) is 0 Å². The largest absolute Gasteiger partial charge is 0.463 e.